The van der Waals surface area contributed by atoms with Gasteiger partial charge in [-0.05, 0) is 25.1 Å². The highest BCUT2D eigenvalue weighted by Crippen LogP contribution is 2.55. The fraction of sp³-hybridized carbons (Fsp3) is 0.200. The monoisotopic (exact) mass is 476 g/mol. The van der Waals surface area contributed by atoms with Crippen LogP contribution < -0.4 is 21.0 Å². The molecule has 5 rings (SSSR count). The summed E-state index contributed by atoms with van der Waals surface area (Å²) in [6.07, 6.45) is 0. The molecule has 0 bridgehead atoms. The predicted molar refractivity (Wildman–Crippen MR) is 123 cm³/mol. The summed E-state index contributed by atoms with van der Waals surface area (Å²) in [6.45, 7) is 1.11. The van der Waals surface area contributed by atoms with Crippen molar-refractivity contribution in [3.05, 3.63) is 81.5 Å². The summed E-state index contributed by atoms with van der Waals surface area (Å²) < 4.78 is 21.4. The van der Waals surface area contributed by atoms with E-state index in [1.54, 1.807) is 55.5 Å². The van der Waals surface area contributed by atoms with Crippen LogP contribution >= 0.6 is 0 Å². The van der Waals surface area contributed by atoms with E-state index in [2.05, 4.69) is 0 Å². The summed E-state index contributed by atoms with van der Waals surface area (Å²) in [4.78, 5) is 54.4. The molecule has 1 aromatic heterocycles. The van der Waals surface area contributed by atoms with Crippen molar-refractivity contribution < 1.29 is 33.0 Å². The molecular weight excluding hydrogens is 456 g/mol. The number of hydrogen-bond acceptors (Lipinski definition) is 9. The minimum atomic E-state index is -2.07. The minimum Gasteiger partial charge on any atom is -0.468 e. The molecule has 0 fully saturated rings. The van der Waals surface area contributed by atoms with Crippen LogP contribution in [0.5, 0.6) is 5.75 Å². The van der Waals surface area contributed by atoms with Crippen LogP contribution in [0.25, 0.3) is 11.0 Å². The molecule has 10 heteroatoms. The maximum absolute atomic E-state index is 14.3. The molecule has 3 aromatic rings. The lowest BCUT2D eigenvalue weighted by atomic mass is 9.68. The molecule has 2 N–H and O–H groups in total. The van der Waals surface area contributed by atoms with Crippen LogP contribution in [0, 0.1) is 0 Å². The number of para-hydroxylation sites is 2. The van der Waals surface area contributed by atoms with E-state index >= 15 is 0 Å². The number of ether oxygens (including phenoxy) is 3. The molecule has 35 heavy (non-hydrogen) atoms. The molecule has 1 atom stereocenters. The van der Waals surface area contributed by atoms with E-state index in [-0.39, 0.29) is 34.6 Å². The second kappa shape index (κ2) is 8.01. The zero-order chi connectivity index (χ0) is 24.9. The number of fused-ring (bicyclic) bond motifs is 6. The lowest BCUT2D eigenvalue weighted by Crippen LogP contribution is -2.51. The van der Waals surface area contributed by atoms with Gasteiger partial charge in [0.1, 0.15) is 28.7 Å². The third-order valence-corrected chi connectivity index (χ3v) is 6.13. The summed E-state index contributed by atoms with van der Waals surface area (Å²) in [5.41, 5.74) is 3.50. The Hall–Kier alpha value is -4.60. The Kier molecular flexibility index (Phi) is 5.08. The lowest BCUT2D eigenvalue weighted by Gasteiger charge is -2.35. The van der Waals surface area contributed by atoms with Gasteiger partial charge in [-0.3, -0.25) is 14.5 Å². The summed E-state index contributed by atoms with van der Waals surface area (Å²) in [6, 6.07) is 13.1. The van der Waals surface area contributed by atoms with E-state index in [4.69, 9.17) is 24.4 Å². The number of hydrogen-bond donors (Lipinski definition) is 1. The van der Waals surface area contributed by atoms with Crippen molar-refractivity contribution in [1.29, 1.82) is 0 Å². The van der Waals surface area contributed by atoms with Crippen molar-refractivity contribution in [2.45, 2.75) is 12.3 Å². The summed E-state index contributed by atoms with van der Waals surface area (Å²) >= 11 is 0. The molecular formula is C25H20N2O8. The van der Waals surface area contributed by atoms with Crippen LogP contribution in [0.1, 0.15) is 18.1 Å². The van der Waals surface area contributed by atoms with Crippen LogP contribution in [0.2, 0.25) is 0 Å². The average molecular weight is 476 g/mol. The van der Waals surface area contributed by atoms with Gasteiger partial charge < -0.3 is 24.4 Å². The number of carbonyl (C=O) groups excluding carboxylic acids is 3. The maximum atomic E-state index is 14.3. The van der Waals surface area contributed by atoms with Gasteiger partial charge in [-0.15, -0.1) is 0 Å². The number of amides is 1. The van der Waals surface area contributed by atoms with Crippen LogP contribution in [-0.2, 0) is 29.3 Å². The van der Waals surface area contributed by atoms with Crippen LogP contribution in [0.3, 0.4) is 0 Å². The fourth-order valence-corrected chi connectivity index (χ4v) is 4.77. The first-order valence-corrected chi connectivity index (χ1v) is 10.8. The van der Waals surface area contributed by atoms with Gasteiger partial charge in [0.2, 0.25) is 11.8 Å². The van der Waals surface area contributed by atoms with Crippen molar-refractivity contribution in [1.82, 2.24) is 0 Å². The number of rotatable bonds is 4. The Balaban J connectivity index is 1.93. The van der Waals surface area contributed by atoms with Crippen LogP contribution in [0.4, 0.5) is 5.69 Å². The van der Waals surface area contributed by atoms with Gasteiger partial charge in [0.05, 0.1) is 19.1 Å². The first kappa shape index (κ1) is 22.2. The number of nitrogens with zero attached hydrogens (tertiary/aromatic N) is 1. The second-order valence-corrected chi connectivity index (χ2v) is 7.89. The average Bonchev–Trinajstić information content (AvgIpc) is 3.07. The normalized spacial score (nSPS) is 18.3. The van der Waals surface area contributed by atoms with E-state index < -0.39 is 41.3 Å². The zero-order valence-electron chi connectivity index (χ0n) is 18.8. The van der Waals surface area contributed by atoms with Crippen LogP contribution in [-0.4, -0.2) is 38.1 Å². The maximum Gasteiger partial charge on any atom is 0.345 e. The fourth-order valence-electron chi connectivity index (χ4n) is 4.77. The molecule has 178 valence electrons. The largest absolute Gasteiger partial charge is 0.468 e. The Labute approximate surface area is 198 Å². The number of carbonyl (C=O) groups is 3. The lowest BCUT2D eigenvalue weighted by molar-refractivity contribution is -0.141. The van der Waals surface area contributed by atoms with E-state index in [1.807, 2.05) is 0 Å². The van der Waals surface area contributed by atoms with Gasteiger partial charge in [-0.25, -0.2) is 9.59 Å². The molecule has 1 spiro atoms. The zero-order valence-corrected chi connectivity index (χ0v) is 18.8. The van der Waals surface area contributed by atoms with E-state index in [1.165, 1.54) is 7.11 Å². The molecule has 0 aliphatic carbocycles. The third kappa shape index (κ3) is 2.96. The van der Waals surface area contributed by atoms with Gasteiger partial charge in [0.25, 0.3) is 0 Å². The van der Waals surface area contributed by atoms with E-state index in [0.29, 0.717) is 11.1 Å². The first-order valence-electron chi connectivity index (χ1n) is 10.8. The Morgan fingerprint density at radius 1 is 1.09 bits per heavy atom. The van der Waals surface area contributed by atoms with Crippen molar-refractivity contribution in [2.75, 3.05) is 25.2 Å². The summed E-state index contributed by atoms with van der Waals surface area (Å²) in [7, 11) is 1.19. The molecule has 0 unspecified atom stereocenters. The first-order chi connectivity index (χ1) is 16.9. The van der Waals surface area contributed by atoms with Crippen molar-refractivity contribution >= 4 is 34.5 Å². The topological polar surface area (TPSA) is 138 Å². The van der Waals surface area contributed by atoms with Gasteiger partial charge >= 0.3 is 17.6 Å². The highest BCUT2D eigenvalue weighted by molar-refractivity contribution is 6.20. The number of nitrogens with two attached hydrogens (primary N) is 1. The van der Waals surface area contributed by atoms with Crippen molar-refractivity contribution in [3.63, 3.8) is 0 Å². The number of benzene rings is 2. The summed E-state index contributed by atoms with van der Waals surface area (Å²) in [5, 5.41) is 0.379. The molecule has 0 saturated heterocycles. The number of anilines is 1. The Morgan fingerprint density at radius 2 is 1.80 bits per heavy atom. The number of methoxy groups -OCH3 is 1. The smallest absolute Gasteiger partial charge is 0.345 e. The second-order valence-electron chi connectivity index (χ2n) is 7.89. The van der Waals surface area contributed by atoms with Crippen molar-refractivity contribution in [3.8, 4) is 5.75 Å². The van der Waals surface area contributed by atoms with E-state index in [9.17, 15) is 19.2 Å². The molecule has 3 heterocycles. The third-order valence-electron chi connectivity index (χ3n) is 6.13. The molecule has 2 aromatic carbocycles. The van der Waals surface area contributed by atoms with Crippen molar-refractivity contribution in [2.24, 2.45) is 5.73 Å². The quantitative estimate of drug-likeness (QED) is 0.440. The highest BCUT2D eigenvalue weighted by atomic mass is 16.5. The summed E-state index contributed by atoms with van der Waals surface area (Å²) in [5.74, 6) is -2.80. The Morgan fingerprint density at radius 3 is 2.54 bits per heavy atom. The molecule has 2 aliphatic heterocycles. The SMILES string of the molecule is CCOC(=O)C1=C(N)Oc2c(c(=O)oc3ccccc23)[C@@]12C(=O)N(CC(=O)OC)c1ccccc12. The number of esters is 2. The molecule has 1 amide bonds. The van der Waals surface area contributed by atoms with E-state index in [0.717, 1.165) is 4.90 Å². The Bertz CT molecular complexity index is 1500. The molecule has 0 saturated carbocycles. The molecule has 2 aliphatic rings. The standard InChI is InChI=1S/C25H20N2O8/c1-3-33-22(29)19-21(26)35-20-13-8-4-7-11-16(13)34-23(30)18(20)25(19)14-9-5-6-10-15(14)27(24(25)31)12-17(28)32-2/h4-11H,3,12,26H2,1-2H3/t25-/m1/s1. The predicted octanol–water partition coefficient (Wildman–Crippen LogP) is 1.72. The molecule has 0 radical (unpaired) electrons. The highest BCUT2D eigenvalue weighted by Gasteiger charge is 2.63. The molecule has 10 nitrogen and oxygen atoms in total. The van der Waals surface area contributed by atoms with Gasteiger partial charge in [-0.2, -0.15) is 0 Å². The van der Waals surface area contributed by atoms with Gasteiger partial charge in [-0.1, -0.05) is 30.3 Å². The minimum absolute atomic E-state index is 0.00882. The van der Waals surface area contributed by atoms with Gasteiger partial charge in [0, 0.05) is 11.3 Å². The van der Waals surface area contributed by atoms with Crippen LogP contribution in [0.15, 0.2) is 69.2 Å². The van der Waals surface area contributed by atoms with Gasteiger partial charge in [0.15, 0.2) is 5.75 Å².